The predicted octanol–water partition coefficient (Wildman–Crippen LogP) is 3.54. The molecule has 1 atom stereocenters. The lowest BCUT2D eigenvalue weighted by Crippen LogP contribution is -2.39. The maximum atomic E-state index is 12.9. The Hall–Kier alpha value is -2.17. The fourth-order valence-corrected chi connectivity index (χ4v) is 3.27. The average molecular weight is 315 g/mol. The van der Waals surface area contributed by atoms with Crippen LogP contribution in [-0.4, -0.2) is 27.5 Å². The number of carbonyl (C=O) groups excluding carboxylic acids is 1. The van der Waals surface area contributed by atoms with Gasteiger partial charge >= 0.3 is 0 Å². The van der Waals surface area contributed by atoms with E-state index >= 15 is 0 Å². The van der Waals surface area contributed by atoms with Gasteiger partial charge in [0.05, 0.1) is 17.9 Å². The van der Waals surface area contributed by atoms with Gasteiger partial charge in [0.15, 0.2) is 0 Å². The molecule has 1 aromatic carbocycles. The number of nitrogens with zero attached hydrogens (tertiary/aromatic N) is 2. The van der Waals surface area contributed by atoms with E-state index in [1.54, 1.807) is 12.1 Å². The molecular formula is C18H22FN3O. The van der Waals surface area contributed by atoms with Gasteiger partial charge in [0, 0.05) is 13.0 Å². The van der Waals surface area contributed by atoms with Gasteiger partial charge in [0.25, 0.3) is 0 Å². The molecule has 0 aliphatic carbocycles. The lowest BCUT2D eigenvalue weighted by Gasteiger charge is -2.35. The summed E-state index contributed by atoms with van der Waals surface area (Å²) in [4.78, 5) is 14.7. The number of aryl methyl sites for hydroxylation is 2. The van der Waals surface area contributed by atoms with E-state index in [0.29, 0.717) is 12.8 Å². The topological polar surface area (TPSA) is 49.0 Å². The maximum Gasteiger partial charge on any atom is 0.223 e. The molecule has 4 nitrogen and oxygen atoms in total. The first kappa shape index (κ1) is 15.7. The lowest BCUT2D eigenvalue weighted by molar-refractivity contribution is -0.135. The van der Waals surface area contributed by atoms with Gasteiger partial charge in [-0.15, -0.1) is 0 Å². The van der Waals surface area contributed by atoms with E-state index in [-0.39, 0.29) is 17.8 Å². The van der Waals surface area contributed by atoms with Gasteiger partial charge in [-0.05, 0) is 55.9 Å². The number of H-pyrrole nitrogens is 1. The molecule has 5 heteroatoms. The van der Waals surface area contributed by atoms with Crippen LogP contribution in [0.2, 0.25) is 0 Å². The smallest absolute Gasteiger partial charge is 0.223 e. The first-order valence-corrected chi connectivity index (χ1v) is 8.19. The third-order valence-electron chi connectivity index (χ3n) is 4.57. The van der Waals surface area contributed by atoms with E-state index in [1.807, 2.05) is 18.0 Å². The van der Waals surface area contributed by atoms with Crippen LogP contribution in [-0.2, 0) is 11.2 Å². The third-order valence-corrected chi connectivity index (χ3v) is 4.57. The molecule has 0 spiro atoms. The molecule has 1 saturated heterocycles. The fourth-order valence-electron chi connectivity index (χ4n) is 3.27. The van der Waals surface area contributed by atoms with Gasteiger partial charge in [-0.2, -0.15) is 5.10 Å². The molecular weight excluding hydrogens is 293 g/mol. The van der Waals surface area contributed by atoms with Crippen LogP contribution in [0.4, 0.5) is 4.39 Å². The Morgan fingerprint density at radius 2 is 2.13 bits per heavy atom. The van der Waals surface area contributed by atoms with Crippen LogP contribution >= 0.6 is 0 Å². The van der Waals surface area contributed by atoms with E-state index in [1.165, 1.54) is 12.1 Å². The van der Waals surface area contributed by atoms with Crippen LogP contribution in [0.3, 0.4) is 0 Å². The molecule has 2 aromatic rings. The second kappa shape index (κ2) is 6.94. The Morgan fingerprint density at radius 3 is 2.83 bits per heavy atom. The van der Waals surface area contributed by atoms with E-state index in [9.17, 15) is 9.18 Å². The SMILES string of the molecule is Cc1cn[nH]c1[C@H]1CCCCN1C(=O)CCc1ccc(F)cc1. The monoisotopic (exact) mass is 315 g/mol. The maximum absolute atomic E-state index is 12.9. The molecule has 0 radical (unpaired) electrons. The van der Waals surface area contributed by atoms with Crippen molar-refractivity contribution in [3.63, 3.8) is 0 Å². The summed E-state index contributed by atoms with van der Waals surface area (Å²) in [6.07, 6.45) is 6.06. The second-order valence-corrected chi connectivity index (χ2v) is 6.19. The number of benzene rings is 1. The van der Waals surface area contributed by atoms with Crippen molar-refractivity contribution < 1.29 is 9.18 Å². The zero-order chi connectivity index (χ0) is 16.2. The predicted molar refractivity (Wildman–Crippen MR) is 86.4 cm³/mol. The summed E-state index contributed by atoms with van der Waals surface area (Å²) in [5.74, 6) is -0.0843. The van der Waals surface area contributed by atoms with Crippen molar-refractivity contribution in [3.8, 4) is 0 Å². The van der Waals surface area contributed by atoms with Crippen LogP contribution in [0.1, 0.15) is 48.5 Å². The van der Waals surface area contributed by atoms with Crippen molar-refractivity contribution in [1.82, 2.24) is 15.1 Å². The molecule has 0 unspecified atom stereocenters. The zero-order valence-electron chi connectivity index (χ0n) is 13.4. The number of aromatic amines is 1. The summed E-state index contributed by atoms with van der Waals surface area (Å²) >= 11 is 0. The van der Waals surface area contributed by atoms with Crippen molar-refractivity contribution in [2.24, 2.45) is 0 Å². The Kier molecular flexibility index (Phi) is 4.74. The molecule has 1 fully saturated rings. The van der Waals surface area contributed by atoms with Crippen LogP contribution < -0.4 is 0 Å². The van der Waals surface area contributed by atoms with Crippen molar-refractivity contribution in [3.05, 3.63) is 53.1 Å². The van der Waals surface area contributed by atoms with Gasteiger partial charge in [-0.3, -0.25) is 9.89 Å². The molecule has 1 aliphatic heterocycles. The summed E-state index contributed by atoms with van der Waals surface area (Å²) < 4.78 is 12.9. The number of amides is 1. The van der Waals surface area contributed by atoms with Gasteiger partial charge < -0.3 is 4.90 Å². The number of carbonyl (C=O) groups is 1. The fraction of sp³-hybridized carbons (Fsp3) is 0.444. The highest BCUT2D eigenvalue weighted by atomic mass is 19.1. The Morgan fingerprint density at radius 1 is 1.35 bits per heavy atom. The molecule has 1 amide bonds. The Labute approximate surface area is 135 Å². The van der Waals surface area contributed by atoms with Gasteiger partial charge in [0.2, 0.25) is 5.91 Å². The first-order valence-electron chi connectivity index (χ1n) is 8.19. The van der Waals surface area contributed by atoms with E-state index in [4.69, 9.17) is 0 Å². The van der Waals surface area contributed by atoms with E-state index in [2.05, 4.69) is 10.2 Å². The average Bonchev–Trinajstić information content (AvgIpc) is 3.00. The number of aromatic nitrogens is 2. The summed E-state index contributed by atoms with van der Waals surface area (Å²) in [7, 11) is 0. The number of rotatable bonds is 4. The van der Waals surface area contributed by atoms with Crippen molar-refractivity contribution in [2.45, 2.75) is 45.1 Å². The highest BCUT2D eigenvalue weighted by Gasteiger charge is 2.29. The highest BCUT2D eigenvalue weighted by Crippen LogP contribution is 2.31. The molecule has 122 valence electrons. The third kappa shape index (κ3) is 3.60. The Balaban J connectivity index is 1.66. The molecule has 0 bridgehead atoms. The normalized spacial score (nSPS) is 18.2. The van der Waals surface area contributed by atoms with Gasteiger partial charge in [-0.25, -0.2) is 4.39 Å². The van der Waals surface area contributed by atoms with Crippen LogP contribution in [0.5, 0.6) is 0 Å². The summed E-state index contributed by atoms with van der Waals surface area (Å²) in [6.45, 7) is 2.82. The quantitative estimate of drug-likeness (QED) is 0.938. The highest BCUT2D eigenvalue weighted by molar-refractivity contribution is 5.77. The van der Waals surface area contributed by atoms with Crippen LogP contribution in [0.25, 0.3) is 0 Å². The van der Waals surface area contributed by atoms with Crippen molar-refractivity contribution in [1.29, 1.82) is 0 Å². The zero-order valence-corrected chi connectivity index (χ0v) is 13.4. The summed E-state index contributed by atoms with van der Waals surface area (Å²) in [5, 5.41) is 7.15. The lowest BCUT2D eigenvalue weighted by atomic mass is 9.96. The standard InChI is InChI=1S/C18H22FN3O/c1-13-12-20-21-18(13)16-4-2-3-11-22(16)17(23)10-7-14-5-8-15(19)9-6-14/h5-6,8-9,12,16H,2-4,7,10-11H2,1H3,(H,20,21)/t16-/m1/s1. The molecule has 0 saturated carbocycles. The number of nitrogens with one attached hydrogen (secondary N) is 1. The van der Waals surface area contributed by atoms with Gasteiger partial charge in [-0.1, -0.05) is 12.1 Å². The first-order chi connectivity index (χ1) is 11.1. The number of hydrogen-bond acceptors (Lipinski definition) is 2. The molecule has 2 heterocycles. The number of likely N-dealkylation sites (tertiary alicyclic amines) is 1. The van der Waals surface area contributed by atoms with Crippen molar-refractivity contribution in [2.75, 3.05) is 6.54 Å². The molecule has 3 rings (SSSR count). The summed E-state index contributed by atoms with van der Waals surface area (Å²) in [5.41, 5.74) is 3.15. The largest absolute Gasteiger partial charge is 0.334 e. The summed E-state index contributed by atoms with van der Waals surface area (Å²) in [6, 6.07) is 6.48. The van der Waals surface area contributed by atoms with Gasteiger partial charge in [0.1, 0.15) is 5.82 Å². The minimum absolute atomic E-state index is 0.104. The minimum Gasteiger partial charge on any atom is -0.334 e. The minimum atomic E-state index is -0.245. The molecule has 1 aliphatic rings. The van der Waals surface area contributed by atoms with Crippen LogP contribution in [0.15, 0.2) is 30.5 Å². The van der Waals surface area contributed by atoms with Crippen LogP contribution in [0, 0.1) is 12.7 Å². The molecule has 23 heavy (non-hydrogen) atoms. The molecule has 1 N–H and O–H groups in total. The second-order valence-electron chi connectivity index (χ2n) is 6.19. The van der Waals surface area contributed by atoms with E-state index < -0.39 is 0 Å². The number of hydrogen-bond donors (Lipinski definition) is 1. The number of piperidine rings is 1. The Bertz CT molecular complexity index is 665. The number of halogens is 1. The molecule has 1 aromatic heterocycles. The van der Waals surface area contributed by atoms with Crippen molar-refractivity contribution >= 4 is 5.91 Å². The van der Waals surface area contributed by atoms with E-state index in [0.717, 1.165) is 42.6 Å².